The minimum absolute atomic E-state index is 0.0381. The van der Waals surface area contributed by atoms with E-state index in [-0.39, 0.29) is 24.8 Å². The molecule has 2 aliphatic heterocycles. The molecule has 2 saturated heterocycles. The number of ether oxygens (including phenoxy) is 2. The van der Waals surface area contributed by atoms with Crippen LogP contribution in [0, 0.1) is 5.92 Å². The maximum atomic E-state index is 13.7. The van der Waals surface area contributed by atoms with E-state index in [1.165, 1.54) is 17.7 Å². The molecule has 1 N–H and O–H groups in total. The van der Waals surface area contributed by atoms with Crippen LogP contribution in [0.1, 0.15) is 49.9 Å². The van der Waals surface area contributed by atoms with Gasteiger partial charge in [0.25, 0.3) is 5.91 Å². The van der Waals surface area contributed by atoms with Crippen LogP contribution in [-0.4, -0.2) is 78.6 Å². The average Bonchev–Trinajstić information content (AvgIpc) is 3.18. The maximum Gasteiger partial charge on any atom is 0.338 e. The number of likely N-dealkylation sites (tertiary alicyclic amines) is 1. The predicted molar refractivity (Wildman–Crippen MR) is 159 cm³/mol. The molecule has 2 aromatic rings. The maximum absolute atomic E-state index is 13.7. The molecule has 0 aromatic heterocycles. The van der Waals surface area contributed by atoms with Gasteiger partial charge in [-0.15, -0.1) is 0 Å². The summed E-state index contributed by atoms with van der Waals surface area (Å²) in [6, 6.07) is 12.9. The lowest BCUT2D eigenvalue weighted by Gasteiger charge is -2.31. The Kier molecular flexibility index (Phi) is 10.1. The molecule has 2 aliphatic rings. The smallest absolute Gasteiger partial charge is 0.338 e. The summed E-state index contributed by atoms with van der Waals surface area (Å²) in [7, 11) is 1.58. The number of hydrogen-bond acceptors (Lipinski definition) is 7. The highest BCUT2D eigenvalue weighted by Crippen LogP contribution is 2.28. The van der Waals surface area contributed by atoms with Crippen LogP contribution in [-0.2, 0) is 14.3 Å². The highest BCUT2D eigenvalue weighted by molar-refractivity contribution is 7.80. The number of hydrogen-bond donors (Lipinski definition) is 1. The molecular formula is C30H38N4O5S. The molecule has 1 atom stereocenters. The molecule has 0 aliphatic carbocycles. The Labute approximate surface area is 241 Å². The van der Waals surface area contributed by atoms with Gasteiger partial charge in [-0.25, -0.2) is 4.79 Å². The van der Waals surface area contributed by atoms with Crippen molar-refractivity contribution in [2.24, 2.45) is 5.92 Å². The second-order valence-corrected chi connectivity index (χ2v) is 10.7. The van der Waals surface area contributed by atoms with Crippen LogP contribution in [0.15, 0.2) is 48.5 Å². The van der Waals surface area contributed by atoms with E-state index in [0.29, 0.717) is 34.3 Å². The van der Waals surface area contributed by atoms with Crippen molar-refractivity contribution in [3.63, 3.8) is 0 Å². The van der Waals surface area contributed by atoms with Gasteiger partial charge in [-0.2, -0.15) is 0 Å². The minimum atomic E-state index is -0.725. The largest absolute Gasteiger partial charge is 0.497 e. The molecule has 0 saturated carbocycles. The predicted octanol–water partition coefficient (Wildman–Crippen LogP) is 4.32. The molecule has 10 heteroatoms. The van der Waals surface area contributed by atoms with Gasteiger partial charge in [0.2, 0.25) is 5.91 Å². The Balaban J connectivity index is 1.48. The SMILES string of the molecule is CCOC(=O)c1ccc(N2C(=O)[C@H](CC(=O)Nc3ccc(OC)cc3)N(CCCN3CCC(C)CC3)C2=S)cc1. The van der Waals surface area contributed by atoms with Crippen molar-refractivity contribution in [1.82, 2.24) is 9.80 Å². The number of thiocarbonyl (C=S) groups is 1. The fourth-order valence-electron chi connectivity index (χ4n) is 5.10. The van der Waals surface area contributed by atoms with E-state index in [4.69, 9.17) is 21.7 Å². The second-order valence-electron chi connectivity index (χ2n) is 10.3. The van der Waals surface area contributed by atoms with E-state index in [0.717, 1.165) is 32.0 Å². The van der Waals surface area contributed by atoms with Crippen LogP contribution in [0.3, 0.4) is 0 Å². The number of nitrogens with one attached hydrogen (secondary N) is 1. The summed E-state index contributed by atoms with van der Waals surface area (Å²) in [5, 5.41) is 3.24. The van der Waals surface area contributed by atoms with Crippen molar-refractivity contribution in [3.05, 3.63) is 54.1 Å². The first-order valence-corrected chi connectivity index (χ1v) is 14.3. The number of methoxy groups -OCH3 is 1. The number of piperidine rings is 1. The molecular weight excluding hydrogens is 528 g/mol. The van der Waals surface area contributed by atoms with E-state index < -0.39 is 12.0 Å². The summed E-state index contributed by atoms with van der Waals surface area (Å²) >= 11 is 5.80. The zero-order valence-electron chi connectivity index (χ0n) is 23.4. The van der Waals surface area contributed by atoms with Crippen molar-refractivity contribution in [3.8, 4) is 5.75 Å². The number of rotatable bonds is 11. The highest BCUT2D eigenvalue weighted by atomic mass is 32.1. The fourth-order valence-corrected chi connectivity index (χ4v) is 5.51. The van der Waals surface area contributed by atoms with Gasteiger partial charge in [-0.3, -0.25) is 14.5 Å². The van der Waals surface area contributed by atoms with Gasteiger partial charge in [0, 0.05) is 12.2 Å². The topological polar surface area (TPSA) is 91.4 Å². The molecule has 9 nitrogen and oxygen atoms in total. The number of nitrogens with zero attached hydrogens (tertiary/aromatic N) is 3. The summed E-state index contributed by atoms with van der Waals surface area (Å²) < 4.78 is 10.2. The first-order chi connectivity index (χ1) is 19.3. The molecule has 0 radical (unpaired) electrons. The minimum Gasteiger partial charge on any atom is -0.497 e. The van der Waals surface area contributed by atoms with Gasteiger partial charge < -0.3 is 24.6 Å². The molecule has 2 heterocycles. The first-order valence-electron chi connectivity index (χ1n) is 13.9. The molecule has 2 aromatic carbocycles. The summed E-state index contributed by atoms with van der Waals surface area (Å²) in [6.45, 7) is 7.96. The van der Waals surface area contributed by atoms with Gasteiger partial charge >= 0.3 is 5.97 Å². The standard InChI is InChI=1S/C30H38N4O5S/c1-4-39-29(37)22-6-10-24(11-7-22)34-28(36)26(20-27(35)31-23-8-12-25(38-3)13-9-23)33(30(34)40)17-5-16-32-18-14-21(2)15-19-32/h6-13,21,26H,4-5,14-20H2,1-3H3,(H,31,35)/t26-/m0/s1. The monoisotopic (exact) mass is 566 g/mol. The van der Waals surface area contributed by atoms with Crippen molar-refractivity contribution < 1.29 is 23.9 Å². The zero-order chi connectivity index (χ0) is 28.6. The first kappa shape index (κ1) is 29.5. The third-order valence-corrected chi connectivity index (χ3v) is 7.87. The molecule has 2 amide bonds. The Morgan fingerprint density at radius 2 is 1.70 bits per heavy atom. The van der Waals surface area contributed by atoms with Gasteiger partial charge in [0.1, 0.15) is 11.8 Å². The molecule has 0 unspecified atom stereocenters. The highest BCUT2D eigenvalue weighted by Gasteiger charge is 2.44. The molecule has 40 heavy (non-hydrogen) atoms. The Morgan fingerprint density at radius 1 is 1.02 bits per heavy atom. The lowest BCUT2D eigenvalue weighted by molar-refractivity contribution is -0.124. The molecule has 0 bridgehead atoms. The van der Waals surface area contributed by atoms with Gasteiger partial charge in [-0.05, 0) is 112 Å². The van der Waals surface area contributed by atoms with Crippen molar-refractivity contribution in [1.29, 1.82) is 0 Å². The van der Waals surface area contributed by atoms with E-state index in [9.17, 15) is 14.4 Å². The molecule has 214 valence electrons. The summed E-state index contributed by atoms with van der Waals surface area (Å²) in [5.41, 5.74) is 1.57. The van der Waals surface area contributed by atoms with Crippen LogP contribution >= 0.6 is 12.2 Å². The Morgan fingerprint density at radius 3 is 2.33 bits per heavy atom. The second kappa shape index (κ2) is 13.7. The number of carbonyl (C=O) groups excluding carboxylic acids is 3. The quantitative estimate of drug-likeness (QED) is 0.318. The number of benzene rings is 2. The third kappa shape index (κ3) is 7.17. The number of amides is 2. The third-order valence-electron chi connectivity index (χ3n) is 7.46. The van der Waals surface area contributed by atoms with Crippen LogP contribution in [0.4, 0.5) is 11.4 Å². The van der Waals surface area contributed by atoms with Crippen molar-refractivity contribution >= 4 is 46.5 Å². The number of carbonyl (C=O) groups is 3. The summed E-state index contributed by atoms with van der Waals surface area (Å²) in [4.78, 5) is 44.7. The van der Waals surface area contributed by atoms with E-state index in [2.05, 4.69) is 17.1 Å². The van der Waals surface area contributed by atoms with Crippen LogP contribution in [0.5, 0.6) is 5.75 Å². The van der Waals surface area contributed by atoms with E-state index in [1.807, 2.05) is 4.90 Å². The van der Waals surface area contributed by atoms with Crippen LogP contribution in [0.25, 0.3) is 0 Å². The van der Waals surface area contributed by atoms with Crippen LogP contribution in [0.2, 0.25) is 0 Å². The Hall–Kier alpha value is -3.50. The number of anilines is 2. The van der Waals surface area contributed by atoms with Crippen LogP contribution < -0.4 is 15.0 Å². The normalized spacial score (nSPS) is 18.2. The zero-order valence-corrected chi connectivity index (χ0v) is 24.2. The van der Waals surface area contributed by atoms with Gasteiger partial charge in [0.15, 0.2) is 5.11 Å². The fraction of sp³-hybridized carbons (Fsp3) is 0.467. The lowest BCUT2D eigenvalue weighted by atomic mass is 9.99. The number of esters is 1. The summed E-state index contributed by atoms with van der Waals surface area (Å²) in [6.07, 6.45) is 3.19. The average molecular weight is 567 g/mol. The molecule has 4 rings (SSSR count). The Bertz CT molecular complexity index is 1200. The van der Waals surface area contributed by atoms with Crippen molar-refractivity contribution in [2.75, 3.05) is 50.1 Å². The lowest BCUT2D eigenvalue weighted by Crippen LogP contribution is -2.40. The van der Waals surface area contributed by atoms with E-state index in [1.54, 1.807) is 62.6 Å². The molecule has 2 fully saturated rings. The van der Waals surface area contributed by atoms with Gasteiger partial charge in [-0.1, -0.05) is 6.92 Å². The van der Waals surface area contributed by atoms with Gasteiger partial charge in [0.05, 0.1) is 31.4 Å². The summed E-state index contributed by atoms with van der Waals surface area (Å²) in [5.74, 6) is 0.489. The molecule has 0 spiro atoms. The van der Waals surface area contributed by atoms with Crippen molar-refractivity contribution in [2.45, 2.75) is 45.6 Å². The van der Waals surface area contributed by atoms with E-state index >= 15 is 0 Å².